The van der Waals surface area contributed by atoms with Crippen molar-refractivity contribution < 1.29 is 14.6 Å². The zero-order valence-electron chi connectivity index (χ0n) is 12.6. The van der Waals surface area contributed by atoms with Gasteiger partial charge in [0.2, 0.25) is 0 Å². The van der Waals surface area contributed by atoms with Crippen molar-refractivity contribution in [2.45, 2.75) is 46.0 Å². The Morgan fingerprint density at radius 3 is 1.87 bits per heavy atom. The van der Waals surface area contributed by atoms with Crippen molar-refractivity contribution in [2.75, 3.05) is 0 Å². The van der Waals surface area contributed by atoms with Crippen molar-refractivity contribution in [2.24, 2.45) is 5.92 Å². The first-order chi connectivity index (χ1) is 10.5. The molecule has 0 atom stereocenters. The van der Waals surface area contributed by atoms with E-state index in [2.05, 4.69) is 6.92 Å². The summed E-state index contributed by atoms with van der Waals surface area (Å²) in [5.74, 6) is -2.34. The van der Waals surface area contributed by atoms with Gasteiger partial charge in [-0.1, -0.05) is 51.5 Å². The van der Waals surface area contributed by atoms with Crippen LogP contribution in [0.3, 0.4) is 0 Å². The third-order valence-corrected chi connectivity index (χ3v) is 4.72. The van der Waals surface area contributed by atoms with Crippen LogP contribution in [0.4, 0.5) is 13.2 Å². The van der Waals surface area contributed by atoms with E-state index in [1.54, 1.807) is 0 Å². The van der Waals surface area contributed by atoms with Crippen molar-refractivity contribution in [3.8, 4) is 11.1 Å². The molecule has 1 aliphatic carbocycles. The fourth-order valence-corrected chi connectivity index (χ4v) is 3.26. The monoisotopic (exact) mass is 322 g/mol. The highest BCUT2D eigenvalue weighted by molar-refractivity contribution is 5.64. The summed E-state index contributed by atoms with van der Waals surface area (Å²) >= 11 is 0. The maximum absolute atomic E-state index is 13.3. The summed E-state index contributed by atoms with van der Waals surface area (Å²) < 4.78 is 39.6. The van der Waals surface area contributed by atoms with Crippen LogP contribution in [0.2, 0.25) is 0 Å². The summed E-state index contributed by atoms with van der Waals surface area (Å²) in [4.78, 5) is 0. The van der Waals surface area contributed by atoms with Crippen LogP contribution in [0.5, 0.6) is 0 Å². The Bertz CT molecular complexity index is 636. The second-order valence-corrected chi connectivity index (χ2v) is 6.33. The molecule has 0 radical (unpaired) electrons. The Balaban J connectivity index is 0.00000144. The molecule has 0 nitrogen and oxygen atoms in total. The van der Waals surface area contributed by atoms with Crippen LogP contribution in [0.1, 0.15) is 52.9 Å². The molecule has 0 unspecified atom stereocenters. The number of hydrogen-bond acceptors (Lipinski definition) is 0. The first-order valence-electron chi connectivity index (χ1n) is 7.79. The number of hydrogen-bond donors (Lipinski definition) is 0. The lowest BCUT2D eigenvalue weighted by Gasteiger charge is -2.26. The van der Waals surface area contributed by atoms with Crippen LogP contribution in [0, 0.1) is 23.4 Å². The van der Waals surface area contributed by atoms with Crippen molar-refractivity contribution in [3.63, 3.8) is 0 Å². The third-order valence-electron chi connectivity index (χ3n) is 4.72. The molecule has 0 amide bonds. The van der Waals surface area contributed by atoms with Crippen molar-refractivity contribution in [1.82, 2.24) is 0 Å². The second-order valence-electron chi connectivity index (χ2n) is 6.33. The van der Waals surface area contributed by atoms with Crippen LogP contribution < -0.4 is 0 Å². The van der Waals surface area contributed by atoms with Gasteiger partial charge in [0.05, 0.1) is 0 Å². The Morgan fingerprint density at radius 1 is 0.826 bits per heavy atom. The van der Waals surface area contributed by atoms with Gasteiger partial charge in [-0.15, -0.1) is 0 Å². The van der Waals surface area contributed by atoms with Gasteiger partial charge >= 0.3 is 0 Å². The van der Waals surface area contributed by atoms with Crippen LogP contribution in [0.15, 0.2) is 36.4 Å². The van der Waals surface area contributed by atoms with Gasteiger partial charge in [0, 0.05) is 1.43 Å². The Labute approximate surface area is 137 Å². The number of benzene rings is 2. The van der Waals surface area contributed by atoms with Gasteiger partial charge in [0.15, 0.2) is 17.5 Å². The molecule has 126 valence electrons. The molecular weight excluding hydrogens is 297 g/mol. The first-order valence-corrected chi connectivity index (χ1v) is 7.79. The van der Waals surface area contributed by atoms with Gasteiger partial charge in [0.1, 0.15) is 0 Å². The SMILES string of the molecule is C.CC1CCC(c2ccc(-c3cc(F)c(F)c(F)c3)cc2)CC1.[HH]. The van der Waals surface area contributed by atoms with Crippen molar-refractivity contribution in [1.29, 1.82) is 0 Å². The normalized spacial score (nSPS) is 20.9. The number of rotatable bonds is 2. The molecule has 0 heterocycles. The van der Waals surface area contributed by atoms with Crippen molar-refractivity contribution in [3.05, 3.63) is 59.4 Å². The Morgan fingerprint density at radius 2 is 1.35 bits per heavy atom. The van der Waals surface area contributed by atoms with E-state index in [4.69, 9.17) is 0 Å². The van der Waals surface area contributed by atoms with E-state index in [0.717, 1.165) is 18.1 Å². The molecule has 23 heavy (non-hydrogen) atoms. The second kappa shape index (κ2) is 7.20. The minimum Gasteiger partial charge on any atom is -0.204 e. The van der Waals surface area contributed by atoms with E-state index >= 15 is 0 Å². The molecule has 2 aromatic carbocycles. The van der Waals surface area contributed by atoms with Crippen LogP contribution in [-0.2, 0) is 0 Å². The molecule has 0 N–H and O–H groups in total. The topological polar surface area (TPSA) is 0 Å². The summed E-state index contributed by atoms with van der Waals surface area (Å²) in [6.07, 6.45) is 4.89. The van der Waals surface area contributed by atoms with Gasteiger partial charge in [-0.2, -0.15) is 0 Å². The maximum atomic E-state index is 13.3. The molecule has 0 saturated heterocycles. The molecule has 1 aliphatic rings. The van der Waals surface area contributed by atoms with Crippen LogP contribution >= 0.6 is 0 Å². The number of halogens is 3. The van der Waals surface area contributed by atoms with Gasteiger partial charge in [-0.05, 0) is 53.5 Å². The third kappa shape index (κ3) is 3.77. The molecule has 1 fully saturated rings. The van der Waals surface area contributed by atoms with Gasteiger partial charge in [-0.3, -0.25) is 0 Å². The van der Waals surface area contributed by atoms with E-state index in [9.17, 15) is 13.2 Å². The summed E-state index contributed by atoms with van der Waals surface area (Å²) in [5.41, 5.74) is 2.34. The van der Waals surface area contributed by atoms with Crippen LogP contribution in [-0.4, -0.2) is 0 Å². The van der Waals surface area contributed by atoms with E-state index in [1.165, 1.54) is 31.2 Å². The Hall–Kier alpha value is -1.77. The van der Waals surface area contributed by atoms with Crippen LogP contribution in [0.25, 0.3) is 11.1 Å². The summed E-state index contributed by atoms with van der Waals surface area (Å²) in [7, 11) is 0. The van der Waals surface area contributed by atoms with Crippen molar-refractivity contribution >= 4 is 0 Å². The molecular formula is C20H25F3. The first kappa shape index (κ1) is 17.6. The smallest absolute Gasteiger partial charge is 0.194 e. The van der Waals surface area contributed by atoms with Gasteiger partial charge in [0.25, 0.3) is 0 Å². The summed E-state index contributed by atoms with van der Waals surface area (Å²) in [6, 6.07) is 9.84. The standard InChI is InChI=1S/C19H19F3.CH4.H2/c1-12-2-4-13(5-3-12)14-6-8-15(9-7-14)16-10-17(20)19(22)18(21)11-16;;/h6-13H,2-5H2,1H3;1H4;1H. The maximum Gasteiger partial charge on any atom is 0.194 e. The molecule has 0 aliphatic heterocycles. The van der Waals surface area contributed by atoms with E-state index in [0.29, 0.717) is 17.0 Å². The lowest BCUT2D eigenvalue weighted by molar-refractivity contribution is 0.348. The fraction of sp³-hybridized carbons (Fsp3) is 0.400. The minimum atomic E-state index is -1.42. The largest absolute Gasteiger partial charge is 0.204 e. The Kier molecular flexibility index (Phi) is 5.51. The molecule has 0 spiro atoms. The van der Waals surface area contributed by atoms with Gasteiger partial charge < -0.3 is 0 Å². The molecule has 3 rings (SSSR count). The lowest BCUT2D eigenvalue weighted by atomic mass is 9.79. The highest BCUT2D eigenvalue weighted by Crippen LogP contribution is 2.36. The predicted molar refractivity (Wildman–Crippen MR) is 91.0 cm³/mol. The highest BCUT2D eigenvalue weighted by atomic mass is 19.2. The lowest BCUT2D eigenvalue weighted by Crippen LogP contribution is -2.10. The fourth-order valence-electron chi connectivity index (χ4n) is 3.26. The van der Waals surface area contributed by atoms with E-state index < -0.39 is 17.5 Å². The summed E-state index contributed by atoms with van der Waals surface area (Å²) in [6.45, 7) is 2.29. The molecule has 0 aromatic heterocycles. The molecule has 1 saturated carbocycles. The van der Waals surface area contributed by atoms with Gasteiger partial charge in [-0.25, -0.2) is 13.2 Å². The minimum absolute atomic E-state index is 0. The average Bonchev–Trinajstić information content (AvgIpc) is 2.53. The van der Waals surface area contributed by atoms with E-state index in [1.807, 2.05) is 24.3 Å². The van der Waals surface area contributed by atoms with E-state index in [-0.39, 0.29) is 8.85 Å². The molecule has 2 aromatic rings. The zero-order chi connectivity index (χ0) is 15.7. The molecule has 0 bridgehead atoms. The highest BCUT2D eigenvalue weighted by Gasteiger charge is 2.19. The predicted octanol–water partition coefficient (Wildman–Crippen LogP) is 6.95. The molecule has 3 heteroatoms. The zero-order valence-corrected chi connectivity index (χ0v) is 12.6. The quantitative estimate of drug-likeness (QED) is 0.525. The average molecular weight is 322 g/mol. The summed E-state index contributed by atoms with van der Waals surface area (Å²) in [5, 5.41) is 0.